The zero-order valence-corrected chi connectivity index (χ0v) is 37.8. The second-order valence-corrected chi connectivity index (χ2v) is 20.7. The quantitative estimate of drug-likeness (QED) is 0.113. The minimum atomic E-state index is -4.21. The van der Waals surface area contributed by atoms with E-state index >= 15 is 0 Å². The third kappa shape index (κ3) is 8.15. The molecular weight excluding hydrogens is 859 g/mol. The van der Waals surface area contributed by atoms with E-state index in [-0.39, 0.29) is 26.8 Å². The highest BCUT2D eigenvalue weighted by molar-refractivity contribution is 7.92. The lowest BCUT2D eigenvalue weighted by atomic mass is 9.85. The van der Waals surface area contributed by atoms with Crippen LogP contribution >= 0.6 is 0 Å². The average molecular weight is 904 g/mol. The first kappa shape index (κ1) is 43.1. The van der Waals surface area contributed by atoms with E-state index in [4.69, 9.17) is 14.2 Å². The molecule has 0 amide bonds. The molecule has 6 aromatic carbocycles. The van der Waals surface area contributed by atoms with Crippen LogP contribution in [-0.2, 0) is 36.5 Å². The van der Waals surface area contributed by atoms with Gasteiger partial charge in [-0.25, -0.2) is 33.2 Å². The molecule has 8 aromatic rings. The molecule has 0 aliphatic rings. The van der Waals surface area contributed by atoms with E-state index in [2.05, 4.69) is 4.72 Å². The molecule has 12 nitrogen and oxygen atoms in total. The third-order valence-electron chi connectivity index (χ3n) is 11.2. The van der Waals surface area contributed by atoms with Gasteiger partial charge >= 0.3 is 0 Å². The molecule has 8 rings (SSSR count). The minimum Gasteiger partial charge on any atom is -0.497 e. The Balaban J connectivity index is 1.43. The van der Waals surface area contributed by atoms with Gasteiger partial charge in [0.25, 0.3) is 30.1 Å². The summed E-state index contributed by atoms with van der Waals surface area (Å²) in [5.41, 5.74) is 5.05. The van der Waals surface area contributed by atoms with Gasteiger partial charge in [0.05, 0.1) is 52.7 Å². The standard InChI is InChI=1S/C48H45N3O9S3/c1-31-7-16-38(17-8-31)61(52,53)49-46-22-13-35(58-4)25-34(46)26-41(44-29-50(47-23-14-36(59-5)27-42(44)47)62(54,55)39-18-9-32(2)10-19-39)45-30-51(48-24-15-37(60-6)28-43(45)48)63(56,57)40-20-11-33(3)12-21-40/h7-25,27-30,41,49H,26H2,1-6H3. The molecule has 1 N–H and O–H groups in total. The largest absolute Gasteiger partial charge is 0.497 e. The van der Waals surface area contributed by atoms with Crippen LogP contribution in [0.4, 0.5) is 5.69 Å². The van der Waals surface area contributed by atoms with Crippen molar-refractivity contribution in [3.05, 3.63) is 173 Å². The summed E-state index contributed by atoms with van der Waals surface area (Å²) in [7, 11) is -8.02. The molecular formula is C48H45N3O9S3. The van der Waals surface area contributed by atoms with E-state index in [1.165, 1.54) is 41.4 Å². The number of nitrogens with one attached hydrogen (secondary N) is 1. The first-order chi connectivity index (χ1) is 30.0. The Labute approximate surface area is 367 Å². The highest BCUT2D eigenvalue weighted by Crippen LogP contribution is 2.44. The Bertz CT molecular complexity index is 3200. The molecule has 0 saturated heterocycles. The molecule has 2 heterocycles. The van der Waals surface area contributed by atoms with Crippen molar-refractivity contribution in [3.63, 3.8) is 0 Å². The first-order valence-electron chi connectivity index (χ1n) is 19.8. The van der Waals surface area contributed by atoms with Gasteiger partial charge in [0, 0.05) is 29.1 Å². The highest BCUT2D eigenvalue weighted by Gasteiger charge is 2.32. The van der Waals surface area contributed by atoms with Gasteiger partial charge in [-0.15, -0.1) is 0 Å². The lowest BCUT2D eigenvalue weighted by Gasteiger charge is -2.21. The van der Waals surface area contributed by atoms with Crippen LogP contribution in [0.3, 0.4) is 0 Å². The van der Waals surface area contributed by atoms with Gasteiger partial charge in [-0.1, -0.05) is 53.1 Å². The Hall–Kier alpha value is -6.55. The summed E-state index contributed by atoms with van der Waals surface area (Å²) in [6.45, 7) is 5.60. The lowest BCUT2D eigenvalue weighted by molar-refractivity contribution is 0.414. The summed E-state index contributed by atoms with van der Waals surface area (Å²) in [6.07, 6.45) is 3.13. The molecule has 0 bridgehead atoms. The van der Waals surface area contributed by atoms with Crippen LogP contribution in [0.25, 0.3) is 21.8 Å². The highest BCUT2D eigenvalue weighted by atomic mass is 32.2. The summed E-state index contributed by atoms with van der Waals surface area (Å²) in [5.74, 6) is 0.478. The summed E-state index contributed by atoms with van der Waals surface area (Å²) >= 11 is 0. The van der Waals surface area contributed by atoms with E-state index in [1.807, 2.05) is 20.8 Å². The predicted molar refractivity (Wildman–Crippen MR) is 245 cm³/mol. The topological polar surface area (TPSA) is 152 Å². The Morgan fingerprint density at radius 1 is 0.492 bits per heavy atom. The minimum absolute atomic E-state index is 0.0186. The second kappa shape index (κ2) is 16.6. The number of benzene rings is 6. The maximum absolute atomic E-state index is 14.6. The van der Waals surface area contributed by atoms with Crippen LogP contribution in [0.5, 0.6) is 17.2 Å². The van der Waals surface area contributed by atoms with E-state index in [0.29, 0.717) is 55.7 Å². The molecule has 0 aliphatic heterocycles. The van der Waals surface area contributed by atoms with Crippen molar-refractivity contribution in [1.29, 1.82) is 0 Å². The van der Waals surface area contributed by atoms with Gasteiger partial charge < -0.3 is 14.2 Å². The van der Waals surface area contributed by atoms with E-state index in [9.17, 15) is 25.3 Å². The van der Waals surface area contributed by atoms with Gasteiger partial charge in [0.2, 0.25) is 0 Å². The smallest absolute Gasteiger partial charge is 0.268 e. The molecule has 2 aromatic heterocycles. The van der Waals surface area contributed by atoms with Crippen molar-refractivity contribution in [3.8, 4) is 17.2 Å². The summed E-state index contributed by atoms with van der Waals surface area (Å²) in [4.78, 5) is 0.185. The second-order valence-electron chi connectivity index (χ2n) is 15.4. The maximum Gasteiger partial charge on any atom is 0.268 e. The molecule has 0 atom stereocenters. The number of nitrogens with zero attached hydrogens (tertiary/aromatic N) is 2. The van der Waals surface area contributed by atoms with Gasteiger partial charge in [-0.3, -0.25) is 4.72 Å². The van der Waals surface area contributed by atoms with E-state index in [1.54, 1.807) is 128 Å². The summed E-state index contributed by atoms with van der Waals surface area (Å²) in [5, 5.41) is 1.01. The van der Waals surface area contributed by atoms with Crippen molar-refractivity contribution >= 4 is 57.6 Å². The fraction of sp³-hybridized carbons (Fsp3) is 0.167. The number of hydrogen-bond donors (Lipinski definition) is 1. The number of ether oxygens (including phenoxy) is 3. The molecule has 0 aliphatic carbocycles. The van der Waals surface area contributed by atoms with Crippen molar-refractivity contribution in [2.24, 2.45) is 0 Å². The summed E-state index contributed by atoms with van der Waals surface area (Å²) < 4.78 is 109. The van der Waals surface area contributed by atoms with Crippen LogP contribution in [0, 0.1) is 20.8 Å². The fourth-order valence-electron chi connectivity index (χ4n) is 7.76. The van der Waals surface area contributed by atoms with Gasteiger partial charge in [-0.05, 0) is 135 Å². The Morgan fingerprint density at radius 3 is 1.29 bits per heavy atom. The van der Waals surface area contributed by atoms with Crippen molar-refractivity contribution < 1.29 is 39.5 Å². The van der Waals surface area contributed by atoms with Gasteiger partial charge in [0.15, 0.2) is 0 Å². The van der Waals surface area contributed by atoms with Gasteiger partial charge in [-0.2, -0.15) is 0 Å². The van der Waals surface area contributed by atoms with Crippen LogP contribution in [-0.4, -0.2) is 54.5 Å². The zero-order valence-electron chi connectivity index (χ0n) is 35.4. The lowest BCUT2D eigenvalue weighted by Crippen LogP contribution is -2.16. The molecule has 0 fully saturated rings. The van der Waals surface area contributed by atoms with Crippen LogP contribution in [0.15, 0.2) is 154 Å². The number of fused-ring (bicyclic) bond motifs is 2. The number of anilines is 1. The van der Waals surface area contributed by atoms with Crippen molar-refractivity contribution in [2.75, 3.05) is 26.1 Å². The molecule has 0 unspecified atom stereocenters. The number of hydrogen-bond acceptors (Lipinski definition) is 9. The maximum atomic E-state index is 14.6. The van der Waals surface area contributed by atoms with E-state index in [0.717, 1.165) is 16.7 Å². The van der Waals surface area contributed by atoms with Crippen LogP contribution in [0.1, 0.15) is 39.3 Å². The van der Waals surface area contributed by atoms with Crippen LogP contribution in [0.2, 0.25) is 0 Å². The Kier molecular flexibility index (Phi) is 11.4. The summed E-state index contributed by atoms with van der Waals surface area (Å²) in [6, 6.07) is 34.7. The SMILES string of the molecule is COc1ccc(NS(=O)(=O)c2ccc(C)cc2)c(CC(c2cn(S(=O)(=O)c3ccc(C)cc3)c3ccc(OC)cc23)c2cn(S(=O)(=O)c3ccc(C)cc3)c3ccc(OC)cc23)c1. The van der Waals surface area contributed by atoms with E-state index < -0.39 is 36.0 Å². The number of aromatic nitrogens is 2. The van der Waals surface area contributed by atoms with Crippen molar-refractivity contribution in [2.45, 2.75) is 47.8 Å². The normalized spacial score (nSPS) is 12.2. The van der Waals surface area contributed by atoms with Crippen molar-refractivity contribution in [1.82, 2.24) is 7.94 Å². The number of rotatable bonds is 14. The molecule has 0 spiro atoms. The van der Waals surface area contributed by atoms with Gasteiger partial charge in [0.1, 0.15) is 17.2 Å². The average Bonchev–Trinajstić information content (AvgIpc) is 3.86. The molecule has 324 valence electrons. The monoisotopic (exact) mass is 903 g/mol. The molecule has 15 heteroatoms. The van der Waals surface area contributed by atoms with Crippen LogP contribution < -0.4 is 18.9 Å². The molecule has 0 radical (unpaired) electrons. The number of aryl methyl sites for hydroxylation is 3. The zero-order chi connectivity index (χ0) is 44.8. The Morgan fingerprint density at radius 2 is 0.873 bits per heavy atom. The third-order valence-corrected chi connectivity index (χ3v) is 16.0. The number of sulfonamides is 1. The predicted octanol–water partition coefficient (Wildman–Crippen LogP) is 9.20. The molecule has 0 saturated carbocycles. The molecule has 63 heavy (non-hydrogen) atoms. The fourth-order valence-corrected chi connectivity index (χ4v) is 11.6. The first-order valence-corrected chi connectivity index (χ1v) is 24.2. The number of methoxy groups -OCH3 is 3.